The van der Waals surface area contributed by atoms with Crippen LogP contribution < -0.4 is 5.32 Å². The maximum Gasteiger partial charge on any atom is 0.317 e. The molecule has 1 spiro atoms. The number of amides is 2. The van der Waals surface area contributed by atoms with Crippen LogP contribution in [0.3, 0.4) is 0 Å². The van der Waals surface area contributed by atoms with Crippen molar-refractivity contribution in [2.45, 2.75) is 45.4 Å². The second kappa shape index (κ2) is 6.51. The molecule has 2 aliphatic heterocycles. The van der Waals surface area contributed by atoms with E-state index < -0.39 is 11.6 Å². The lowest BCUT2D eigenvalue weighted by atomic mass is 9.77. The molecule has 1 N–H and O–H groups in total. The molecule has 0 bridgehead atoms. The first kappa shape index (κ1) is 16.3. The number of halogens is 1. The first-order valence-electron chi connectivity index (χ1n) is 8.43. The van der Waals surface area contributed by atoms with Gasteiger partial charge in [-0.2, -0.15) is 0 Å². The summed E-state index contributed by atoms with van der Waals surface area (Å²) >= 11 is 0. The van der Waals surface area contributed by atoms with Crippen LogP contribution in [-0.4, -0.2) is 54.2 Å². The normalized spacial score (nSPS) is 28.7. The molecule has 128 valence electrons. The summed E-state index contributed by atoms with van der Waals surface area (Å²) < 4.78 is 20.1. The van der Waals surface area contributed by atoms with Crippen molar-refractivity contribution in [2.75, 3.05) is 26.2 Å². The minimum absolute atomic E-state index is 0.0734. The van der Waals surface area contributed by atoms with Crippen LogP contribution in [0.15, 0.2) is 22.8 Å². The van der Waals surface area contributed by atoms with Crippen LogP contribution in [0.25, 0.3) is 0 Å². The van der Waals surface area contributed by atoms with Crippen LogP contribution >= 0.6 is 0 Å². The Morgan fingerprint density at radius 1 is 1.48 bits per heavy atom. The Balaban J connectivity index is 1.64. The number of hydrogen-bond acceptors (Lipinski definition) is 3. The molecule has 0 aromatic carbocycles. The topological polar surface area (TPSA) is 48.7 Å². The fourth-order valence-corrected chi connectivity index (χ4v) is 3.77. The average Bonchev–Trinajstić information content (AvgIpc) is 3.13. The fraction of sp³-hybridized carbons (Fsp3) is 0.706. The Kier molecular flexibility index (Phi) is 4.62. The van der Waals surface area contributed by atoms with Crippen molar-refractivity contribution >= 4 is 6.03 Å². The molecule has 0 radical (unpaired) electrons. The van der Waals surface area contributed by atoms with Gasteiger partial charge in [0.15, 0.2) is 0 Å². The number of rotatable bonds is 3. The zero-order valence-corrected chi connectivity index (χ0v) is 13.9. The molecule has 0 aliphatic carbocycles. The lowest BCUT2D eigenvalue weighted by Gasteiger charge is -2.43. The first-order chi connectivity index (χ1) is 11.0. The van der Waals surface area contributed by atoms with Crippen LogP contribution in [0.1, 0.15) is 32.4 Å². The van der Waals surface area contributed by atoms with Gasteiger partial charge in [-0.25, -0.2) is 9.18 Å². The molecule has 1 aromatic heterocycles. The molecule has 0 saturated carbocycles. The molecule has 2 amide bonds. The van der Waals surface area contributed by atoms with Crippen LogP contribution in [0.4, 0.5) is 9.18 Å². The van der Waals surface area contributed by atoms with Gasteiger partial charge in [0.2, 0.25) is 0 Å². The van der Waals surface area contributed by atoms with Crippen LogP contribution in [0.2, 0.25) is 0 Å². The van der Waals surface area contributed by atoms with Crippen molar-refractivity contribution in [3.05, 3.63) is 24.2 Å². The number of piperidine rings is 1. The number of urea groups is 1. The van der Waals surface area contributed by atoms with E-state index in [1.165, 1.54) is 0 Å². The number of furan rings is 1. The SMILES string of the molecule is CC(C)NC(=O)N1CCC(F)C2(CCN(Cc3ccco3)C2)C1. The number of hydrogen-bond donors (Lipinski definition) is 1. The van der Waals surface area contributed by atoms with Crippen molar-refractivity contribution < 1.29 is 13.6 Å². The molecule has 2 fully saturated rings. The third-order valence-corrected chi connectivity index (χ3v) is 4.95. The van der Waals surface area contributed by atoms with Crippen LogP contribution in [0.5, 0.6) is 0 Å². The van der Waals surface area contributed by atoms with Gasteiger partial charge >= 0.3 is 6.03 Å². The van der Waals surface area contributed by atoms with E-state index in [9.17, 15) is 9.18 Å². The summed E-state index contributed by atoms with van der Waals surface area (Å²) in [6, 6.07) is 3.84. The third kappa shape index (κ3) is 3.52. The van der Waals surface area contributed by atoms with Crippen molar-refractivity contribution in [3.8, 4) is 0 Å². The van der Waals surface area contributed by atoms with E-state index in [0.717, 1.165) is 18.7 Å². The predicted molar refractivity (Wildman–Crippen MR) is 85.8 cm³/mol. The lowest BCUT2D eigenvalue weighted by molar-refractivity contribution is 0.0242. The highest BCUT2D eigenvalue weighted by molar-refractivity contribution is 5.74. The summed E-state index contributed by atoms with van der Waals surface area (Å²) in [7, 11) is 0. The van der Waals surface area contributed by atoms with Gasteiger partial charge in [0.25, 0.3) is 0 Å². The highest BCUT2D eigenvalue weighted by atomic mass is 19.1. The quantitative estimate of drug-likeness (QED) is 0.930. The van der Waals surface area contributed by atoms with Gasteiger partial charge in [0.05, 0.1) is 12.8 Å². The molecule has 2 saturated heterocycles. The lowest BCUT2D eigenvalue weighted by Crippen LogP contribution is -2.56. The first-order valence-corrected chi connectivity index (χ1v) is 8.43. The fourth-order valence-electron chi connectivity index (χ4n) is 3.77. The molecule has 6 heteroatoms. The molecule has 23 heavy (non-hydrogen) atoms. The van der Waals surface area contributed by atoms with E-state index in [1.807, 2.05) is 26.0 Å². The molecule has 3 rings (SSSR count). The van der Waals surface area contributed by atoms with E-state index in [2.05, 4.69) is 10.2 Å². The Morgan fingerprint density at radius 3 is 3.00 bits per heavy atom. The zero-order valence-electron chi connectivity index (χ0n) is 13.9. The standard InChI is InChI=1S/C17H26FN3O2/c1-13(2)19-16(22)21-7-5-15(18)17(12-21)6-8-20(11-17)10-14-4-3-9-23-14/h3-4,9,13,15H,5-8,10-12H2,1-2H3,(H,19,22). The number of nitrogens with one attached hydrogen (secondary N) is 1. The summed E-state index contributed by atoms with van der Waals surface area (Å²) in [5, 5.41) is 2.92. The largest absolute Gasteiger partial charge is 0.468 e. The Morgan fingerprint density at radius 2 is 2.30 bits per heavy atom. The van der Waals surface area contributed by atoms with Gasteiger partial charge in [-0.15, -0.1) is 0 Å². The molecule has 2 atom stereocenters. The van der Waals surface area contributed by atoms with E-state index in [0.29, 0.717) is 32.6 Å². The van der Waals surface area contributed by atoms with Gasteiger partial charge in [-0.05, 0) is 45.4 Å². The van der Waals surface area contributed by atoms with E-state index in [1.54, 1.807) is 11.2 Å². The number of carbonyl (C=O) groups is 1. The second-order valence-electron chi connectivity index (χ2n) is 7.18. The van der Waals surface area contributed by atoms with Gasteiger partial charge in [0, 0.05) is 31.1 Å². The molecule has 1 aromatic rings. The third-order valence-electron chi connectivity index (χ3n) is 4.95. The predicted octanol–water partition coefficient (Wildman–Crippen LogP) is 2.63. The molecule has 2 unspecified atom stereocenters. The van der Waals surface area contributed by atoms with Crippen molar-refractivity contribution in [1.82, 2.24) is 15.1 Å². The van der Waals surface area contributed by atoms with Crippen LogP contribution in [-0.2, 0) is 6.54 Å². The monoisotopic (exact) mass is 323 g/mol. The minimum Gasteiger partial charge on any atom is -0.468 e. The van der Waals surface area contributed by atoms with Crippen molar-refractivity contribution in [2.24, 2.45) is 5.41 Å². The Bertz CT molecular complexity index is 534. The molecule has 2 aliphatic rings. The second-order valence-corrected chi connectivity index (χ2v) is 7.18. The molecule has 5 nitrogen and oxygen atoms in total. The number of carbonyl (C=O) groups excluding carboxylic acids is 1. The Labute approximate surface area is 136 Å². The summed E-state index contributed by atoms with van der Waals surface area (Å²) in [6.45, 7) is 7.12. The van der Waals surface area contributed by atoms with E-state index in [-0.39, 0.29) is 12.1 Å². The van der Waals surface area contributed by atoms with Gasteiger partial charge < -0.3 is 14.6 Å². The summed E-state index contributed by atoms with van der Waals surface area (Å²) in [6.07, 6.45) is 2.05. The minimum atomic E-state index is -0.841. The molecule has 3 heterocycles. The number of nitrogens with zero attached hydrogens (tertiary/aromatic N) is 2. The van der Waals surface area contributed by atoms with Crippen molar-refractivity contribution in [1.29, 1.82) is 0 Å². The van der Waals surface area contributed by atoms with Gasteiger partial charge in [-0.3, -0.25) is 4.90 Å². The van der Waals surface area contributed by atoms with E-state index >= 15 is 0 Å². The summed E-state index contributed by atoms with van der Waals surface area (Å²) in [5.41, 5.74) is -0.431. The van der Waals surface area contributed by atoms with Gasteiger partial charge in [-0.1, -0.05) is 0 Å². The highest BCUT2D eigenvalue weighted by Crippen LogP contribution is 2.41. The summed E-state index contributed by atoms with van der Waals surface area (Å²) in [4.78, 5) is 16.3. The van der Waals surface area contributed by atoms with Crippen LogP contribution in [0, 0.1) is 5.41 Å². The average molecular weight is 323 g/mol. The number of alkyl halides is 1. The van der Waals surface area contributed by atoms with Crippen molar-refractivity contribution in [3.63, 3.8) is 0 Å². The Hall–Kier alpha value is -1.56. The molecular weight excluding hydrogens is 297 g/mol. The van der Waals surface area contributed by atoms with Gasteiger partial charge in [0.1, 0.15) is 11.9 Å². The van der Waals surface area contributed by atoms with E-state index in [4.69, 9.17) is 4.42 Å². The smallest absolute Gasteiger partial charge is 0.317 e. The maximum absolute atomic E-state index is 14.7. The highest BCUT2D eigenvalue weighted by Gasteiger charge is 2.49. The zero-order chi connectivity index (χ0) is 16.4. The maximum atomic E-state index is 14.7. The number of likely N-dealkylation sites (tertiary alicyclic amines) is 2. The molecular formula is C17H26FN3O2. The summed E-state index contributed by atoms with van der Waals surface area (Å²) in [5.74, 6) is 0.905.